The van der Waals surface area contributed by atoms with Crippen LogP contribution in [0.3, 0.4) is 0 Å². The van der Waals surface area contributed by atoms with Gasteiger partial charge in [-0.15, -0.1) is 0 Å². The van der Waals surface area contributed by atoms with Gasteiger partial charge < -0.3 is 4.74 Å². The summed E-state index contributed by atoms with van der Waals surface area (Å²) in [4.78, 5) is 39.2. The minimum Gasteiger partial charge on any atom is -0.425 e. The lowest BCUT2D eigenvalue weighted by atomic mass is 9.63. The van der Waals surface area contributed by atoms with E-state index in [1.54, 1.807) is 12.1 Å². The number of nitrogens with zero attached hydrogens (tertiary/aromatic N) is 1. The van der Waals surface area contributed by atoms with E-state index in [1.807, 2.05) is 19.9 Å². The molecule has 1 heterocycles. The molecule has 134 valence electrons. The number of carbonyl (C=O) groups is 3. The van der Waals surface area contributed by atoms with Crippen molar-refractivity contribution >= 4 is 17.8 Å². The van der Waals surface area contributed by atoms with Gasteiger partial charge in [0.1, 0.15) is 12.3 Å². The van der Waals surface area contributed by atoms with Gasteiger partial charge in [-0.2, -0.15) is 0 Å². The average Bonchev–Trinajstić information content (AvgIpc) is 3.39. The van der Waals surface area contributed by atoms with Gasteiger partial charge in [0, 0.05) is 0 Å². The molecule has 3 fully saturated rings. The first-order valence-electron chi connectivity index (χ1n) is 9.27. The molecule has 1 aliphatic heterocycles. The molecule has 4 aliphatic carbocycles. The SMILES string of the molecule is Cc1ccc(OC(=O)CN2C(=O)[C@@H]3[C@@H]4C=C[C@H]([C@H]5C[C@H]45)[C@@H]3C2=O)cc1C. The Morgan fingerprint density at radius 1 is 1.04 bits per heavy atom. The molecule has 0 spiro atoms. The number of allylic oxidation sites excluding steroid dienone is 2. The number of esters is 1. The quantitative estimate of drug-likeness (QED) is 0.363. The van der Waals surface area contributed by atoms with E-state index in [-0.39, 0.29) is 42.0 Å². The van der Waals surface area contributed by atoms with Gasteiger partial charge in [-0.1, -0.05) is 18.2 Å². The van der Waals surface area contributed by atoms with Gasteiger partial charge in [-0.25, -0.2) is 4.79 Å². The van der Waals surface area contributed by atoms with Crippen molar-refractivity contribution in [3.63, 3.8) is 0 Å². The highest BCUT2D eigenvalue weighted by Crippen LogP contribution is 2.65. The van der Waals surface area contributed by atoms with Crippen LogP contribution in [0.1, 0.15) is 17.5 Å². The van der Waals surface area contributed by atoms with Gasteiger partial charge >= 0.3 is 5.97 Å². The molecule has 26 heavy (non-hydrogen) atoms. The van der Waals surface area contributed by atoms with Crippen LogP contribution in [0.15, 0.2) is 30.4 Å². The predicted molar refractivity (Wildman–Crippen MR) is 93.0 cm³/mol. The van der Waals surface area contributed by atoms with Crippen molar-refractivity contribution < 1.29 is 19.1 Å². The number of hydrogen-bond acceptors (Lipinski definition) is 4. The summed E-state index contributed by atoms with van der Waals surface area (Å²) in [6, 6.07) is 5.40. The van der Waals surface area contributed by atoms with Crippen LogP contribution < -0.4 is 4.74 Å². The molecule has 1 saturated heterocycles. The van der Waals surface area contributed by atoms with Crippen molar-refractivity contribution in [2.75, 3.05) is 6.54 Å². The Morgan fingerprint density at radius 3 is 2.23 bits per heavy atom. The first kappa shape index (κ1) is 15.8. The third-order valence-corrected chi connectivity index (χ3v) is 6.75. The first-order chi connectivity index (χ1) is 12.5. The highest BCUT2D eigenvalue weighted by molar-refractivity contribution is 6.08. The maximum absolute atomic E-state index is 12.9. The van der Waals surface area contributed by atoms with E-state index in [2.05, 4.69) is 12.2 Å². The van der Waals surface area contributed by atoms with Crippen LogP contribution >= 0.6 is 0 Å². The third-order valence-electron chi connectivity index (χ3n) is 6.75. The van der Waals surface area contributed by atoms with Crippen molar-refractivity contribution in [2.45, 2.75) is 20.3 Å². The van der Waals surface area contributed by atoms with Crippen molar-refractivity contribution in [3.8, 4) is 5.75 Å². The number of carbonyl (C=O) groups excluding carboxylic acids is 3. The summed E-state index contributed by atoms with van der Waals surface area (Å²) in [6.45, 7) is 3.63. The summed E-state index contributed by atoms with van der Waals surface area (Å²) in [6.07, 6.45) is 5.38. The number of likely N-dealkylation sites (tertiary alicyclic amines) is 1. The number of amides is 2. The summed E-state index contributed by atoms with van der Waals surface area (Å²) < 4.78 is 5.36. The van der Waals surface area contributed by atoms with Crippen LogP contribution in [-0.2, 0) is 14.4 Å². The van der Waals surface area contributed by atoms with Crippen molar-refractivity contribution in [2.24, 2.45) is 35.5 Å². The van der Waals surface area contributed by atoms with Crippen LogP contribution in [0.25, 0.3) is 0 Å². The zero-order valence-electron chi connectivity index (χ0n) is 14.8. The molecule has 2 saturated carbocycles. The van der Waals surface area contributed by atoms with Crippen molar-refractivity contribution in [1.82, 2.24) is 4.90 Å². The lowest BCUT2D eigenvalue weighted by molar-refractivity contribution is -0.148. The molecule has 0 N–H and O–H groups in total. The molecule has 0 aromatic heterocycles. The van der Waals surface area contributed by atoms with Crippen LogP contribution in [0, 0.1) is 49.4 Å². The Balaban J connectivity index is 1.32. The fraction of sp³-hybridized carbons (Fsp3) is 0.476. The topological polar surface area (TPSA) is 63.7 Å². The zero-order chi connectivity index (χ0) is 18.2. The zero-order valence-corrected chi connectivity index (χ0v) is 14.8. The number of benzene rings is 1. The maximum atomic E-state index is 12.9. The summed E-state index contributed by atoms with van der Waals surface area (Å²) in [7, 11) is 0. The molecule has 5 heteroatoms. The van der Waals surface area contributed by atoms with Crippen molar-refractivity contribution in [3.05, 3.63) is 41.5 Å². The minimum absolute atomic E-state index is 0.173. The lowest BCUT2D eigenvalue weighted by Crippen LogP contribution is -2.40. The Bertz CT molecular complexity index is 837. The van der Waals surface area contributed by atoms with Crippen LogP contribution in [0.4, 0.5) is 0 Å². The standard InChI is InChI=1S/C21H21NO4/c1-10-3-4-12(7-11(10)2)26-17(23)9-22-20(24)18-13-5-6-14(16-8-15(13)16)19(18)21(22)25/h3-7,13-16,18-19H,8-9H2,1-2H3/t13-,14-,15-,16-,18-,19+/m1/s1. The Hall–Kier alpha value is -2.43. The monoisotopic (exact) mass is 351 g/mol. The van der Waals surface area contributed by atoms with Gasteiger partial charge in [0.25, 0.3) is 0 Å². The van der Waals surface area contributed by atoms with E-state index in [9.17, 15) is 14.4 Å². The van der Waals surface area contributed by atoms with Crippen LogP contribution in [0.2, 0.25) is 0 Å². The predicted octanol–water partition coefficient (Wildman–Crippen LogP) is 2.26. The number of ether oxygens (including phenoxy) is 1. The Kier molecular flexibility index (Phi) is 3.21. The highest BCUT2D eigenvalue weighted by atomic mass is 16.5. The van der Waals surface area contributed by atoms with Crippen LogP contribution in [-0.4, -0.2) is 29.2 Å². The second-order valence-electron chi connectivity index (χ2n) is 8.14. The van der Waals surface area contributed by atoms with Gasteiger partial charge in [0.2, 0.25) is 11.8 Å². The Labute approximate surface area is 152 Å². The minimum atomic E-state index is -0.570. The smallest absolute Gasteiger partial charge is 0.331 e. The summed E-state index contributed by atoms with van der Waals surface area (Å²) >= 11 is 0. The number of imide groups is 1. The Morgan fingerprint density at radius 2 is 1.65 bits per heavy atom. The van der Waals surface area contributed by atoms with Gasteiger partial charge in [-0.3, -0.25) is 14.5 Å². The normalized spacial score (nSPS) is 36.2. The molecule has 0 unspecified atom stereocenters. The molecular formula is C21H21NO4. The van der Waals surface area contributed by atoms with E-state index >= 15 is 0 Å². The van der Waals surface area contributed by atoms with Gasteiger partial charge in [0.05, 0.1) is 11.8 Å². The maximum Gasteiger partial charge on any atom is 0.331 e. The fourth-order valence-corrected chi connectivity index (χ4v) is 5.24. The number of rotatable bonds is 3. The van der Waals surface area contributed by atoms with E-state index in [0.29, 0.717) is 17.6 Å². The molecule has 2 bridgehead atoms. The molecule has 1 aromatic rings. The molecule has 6 atom stereocenters. The molecule has 0 radical (unpaired) electrons. The number of aryl methyl sites for hydroxylation is 2. The third kappa shape index (κ3) is 2.12. The van der Waals surface area contributed by atoms with Crippen LogP contribution in [0.5, 0.6) is 5.75 Å². The molecule has 6 rings (SSSR count). The van der Waals surface area contributed by atoms with Gasteiger partial charge in [-0.05, 0) is 67.2 Å². The van der Waals surface area contributed by atoms with E-state index < -0.39 is 5.97 Å². The first-order valence-corrected chi connectivity index (χ1v) is 9.27. The summed E-state index contributed by atoms with van der Waals surface area (Å²) in [5, 5.41) is 0. The molecule has 5 nitrogen and oxygen atoms in total. The molecule has 5 aliphatic rings. The molecule has 2 amide bonds. The fourth-order valence-electron chi connectivity index (χ4n) is 5.24. The van der Waals surface area contributed by atoms with Gasteiger partial charge in [0.15, 0.2) is 0 Å². The summed E-state index contributed by atoms with van der Waals surface area (Å²) in [5.41, 5.74) is 2.14. The lowest BCUT2D eigenvalue weighted by Gasteiger charge is -2.37. The molecular weight excluding hydrogens is 330 g/mol. The average molecular weight is 351 g/mol. The summed E-state index contributed by atoms with van der Waals surface area (Å²) in [5.74, 6) is 0.418. The molecule has 1 aromatic carbocycles. The second-order valence-corrected chi connectivity index (χ2v) is 8.14. The van der Waals surface area contributed by atoms with Crippen molar-refractivity contribution in [1.29, 1.82) is 0 Å². The van der Waals surface area contributed by atoms with E-state index in [0.717, 1.165) is 22.4 Å². The van der Waals surface area contributed by atoms with E-state index in [1.165, 1.54) is 0 Å². The van der Waals surface area contributed by atoms with E-state index in [4.69, 9.17) is 4.74 Å². The number of hydrogen-bond donors (Lipinski definition) is 0. The second kappa shape index (κ2) is 5.29. The largest absolute Gasteiger partial charge is 0.425 e. The highest BCUT2D eigenvalue weighted by Gasteiger charge is 2.67.